The molecule has 0 aliphatic carbocycles. The summed E-state index contributed by atoms with van der Waals surface area (Å²) in [5.41, 5.74) is 2.56. The van der Waals surface area contributed by atoms with Crippen molar-refractivity contribution in [1.29, 1.82) is 0 Å². The molecule has 1 N–H and O–H groups in total. The number of rotatable bonds is 9. The number of halogens is 1. The Kier molecular flexibility index (Phi) is 8.53. The number of anilines is 1. The fourth-order valence-electron chi connectivity index (χ4n) is 2.25. The Morgan fingerprint density at radius 1 is 1.29 bits per heavy atom. The molecule has 0 aliphatic heterocycles. The Balaban J connectivity index is 2.79. The Bertz CT molecular complexity index is 423. The first-order chi connectivity index (χ1) is 9.95. The number of hydrogen-bond donors (Lipinski definition) is 1. The molecule has 21 heavy (non-hydrogen) atoms. The second kappa shape index (κ2) is 9.60. The third kappa shape index (κ3) is 6.50. The Morgan fingerprint density at radius 2 is 2.00 bits per heavy atom. The minimum Gasteiger partial charge on any atom is -0.372 e. The van der Waals surface area contributed by atoms with Crippen LogP contribution in [0.4, 0.5) is 5.69 Å². The molecule has 2 nitrogen and oxygen atoms in total. The van der Waals surface area contributed by atoms with E-state index < -0.39 is 0 Å². The summed E-state index contributed by atoms with van der Waals surface area (Å²) < 4.78 is 0. The van der Waals surface area contributed by atoms with E-state index >= 15 is 0 Å². The molecule has 0 aliphatic rings. The molecule has 0 amide bonds. The van der Waals surface area contributed by atoms with Gasteiger partial charge in [0, 0.05) is 30.3 Å². The molecular weight excluding hydrogens is 300 g/mol. The van der Waals surface area contributed by atoms with Gasteiger partial charge in [0.2, 0.25) is 0 Å². The van der Waals surface area contributed by atoms with E-state index in [1.54, 1.807) is 0 Å². The lowest BCUT2D eigenvalue weighted by Crippen LogP contribution is -2.31. The van der Waals surface area contributed by atoms with Crippen molar-refractivity contribution in [2.75, 3.05) is 30.5 Å². The Hall–Kier alpha value is -0.380. The Morgan fingerprint density at radius 3 is 2.62 bits per heavy atom. The van der Waals surface area contributed by atoms with Crippen molar-refractivity contribution < 1.29 is 0 Å². The molecule has 120 valence electrons. The van der Waals surface area contributed by atoms with Gasteiger partial charge in [-0.25, -0.2) is 0 Å². The van der Waals surface area contributed by atoms with Crippen molar-refractivity contribution in [3.05, 3.63) is 28.8 Å². The van der Waals surface area contributed by atoms with E-state index in [2.05, 4.69) is 56.4 Å². The molecule has 1 aromatic carbocycles. The van der Waals surface area contributed by atoms with Gasteiger partial charge in [-0.3, -0.25) is 0 Å². The number of nitrogens with zero attached hydrogens (tertiary/aromatic N) is 1. The van der Waals surface area contributed by atoms with Crippen LogP contribution in [0.5, 0.6) is 0 Å². The van der Waals surface area contributed by atoms with Crippen LogP contribution in [0, 0.1) is 5.92 Å². The van der Waals surface area contributed by atoms with Crippen molar-refractivity contribution in [3.63, 3.8) is 0 Å². The van der Waals surface area contributed by atoms with E-state index in [-0.39, 0.29) is 0 Å². The average molecular weight is 329 g/mol. The topological polar surface area (TPSA) is 15.3 Å². The third-order valence-electron chi connectivity index (χ3n) is 3.69. The van der Waals surface area contributed by atoms with Crippen molar-refractivity contribution >= 4 is 29.1 Å². The molecule has 0 saturated heterocycles. The Labute approximate surface area is 139 Å². The molecule has 0 heterocycles. The lowest BCUT2D eigenvalue weighted by molar-refractivity contribution is 0.551. The lowest BCUT2D eigenvalue weighted by Gasteiger charge is -2.29. The lowest BCUT2D eigenvalue weighted by atomic mass is 10.1. The normalized spacial score (nSPS) is 12.7. The van der Waals surface area contributed by atoms with E-state index in [9.17, 15) is 0 Å². The highest BCUT2D eigenvalue weighted by Gasteiger charge is 2.13. The highest BCUT2D eigenvalue weighted by Crippen LogP contribution is 2.26. The summed E-state index contributed by atoms with van der Waals surface area (Å²) in [5, 5.41) is 4.33. The van der Waals surface area contributed by atoms with Gasteiger partial charge in [0.15, 0.2) is 0 Å². The second-order valence-corrected chi connectivity index (χ2v) is 7.46. The van der Waals surface area contributed by atoms with E-state index in [4.69, 9.17) is 11.6 Å². The summed E-state index contributed by atoms with van der Waals surface area (Å²) in [7, 11) is 2.18. The van der Waals surface area contributed by atoms with Crippen molar-refractivity contribution in [2.45, 2.75) is 39.8 Å². The maximum absolute atomic E-state index is 6.18. The van der Waals surface area contributed by atoms with Crippen molar-refractivity contribution in [2.24, 2.45) is 5.92 Å². The summed E-state index contributed by atoms with van der Waals surface area (Å²) in [6, 6.07) is 6.75. The van der Waals surface area contributed by atoms with Crippen LogP contribution in [-0.4, -0.2) is 31.6 Å². The second-order valence-electron chi connectivity index (χ2n) is 6.04. The van der Waals surface area contributed by atoms with Gasteiger partial charge >= 0.3 is 0 Å². The van der Waals surface area contributed by atoms with Crippen LogP contribution in [0.2, 0.25) is 5.02 Å². The molecule has 1 rings (SSSR count). The van der Waals surface area contributed by atoms with Gasteiger partial charge in [-0.2, -0.15) is 11.8 Å². The fraction of sp³-hybridized carbons (Fsp3) is 0.647. The summed E-state index contributed by atoms with van der Waals surface area (Å²) >= 11 is 8.08. The highest BCUT2D eigenvalue weighted by molar-refractivity contribution is 7.98. The van der Waals surface area contributed by atoms with Crippen LogP contribution < -0.4 is 10.2 Å². The zero-order chi connectivity index (χ0) is 15.8. The number of nitrogens with one attached hydrogen (secondary N) is 1. The van der Waals surface area contributed by atoms with Crippen molar-refractivity contribution in [1.82, 2.24) is 5.32 Å². The molecule has 0 spiro atoms. The first-order valence-electron chi connectivity index (χ1n) is 7.66. The first-order valence-corrected chi connectivity index (χ1v) is 9.43. The zero-order valence-corrected chi connectivity index (χ0v) is 15.5. The monoisotopic (exact) mass is 328 g/mol. The molecule has 0 fully saturated rings. The minimum absolute atomic E-state index is 0.530. The average Bonchev–Trinajstić information content (AvgIpc) is 2.44. The molecule has 1 aromatic rings. The van der Waals surface area contributed by atoms with Gasteiger partial charge in [-0.05, 0) is 61.6 Å². The molecule has 0 saturated carbocycles. The standard InChI is InChI=1S/C17H29ClN2S/c1-13(2)11-19-12-15-10-16(18)6-7-17(15)20(4)14(3)8-9-21-5/h6-7,10,13-14,19H,8-9,11-12H2,1-5H3. The quantitative estimate of drug-likeness (QED) is 0.709. The number of thioether (sulfide) groups is 1. The third-order valence-corrected chi connectivity index (χ3v) is 4.57. The van der Waals surface area contributed by atoms with Crippen LogP contribution in [0.3, 0.4) is 0 Å². The largest absolute Gasteiger partial charge is 0.372 e. The summed E-state index contributed by atoms with van der Waals surface area (Å²) in [5.74, 6) is 1.85. The maximum atomic E-state index is 6.18. The molecule has 1 atom stereocenters. The maximum Gasteiger partial charge on any atom is 0.0412 e. The molecule has 0 aromatic heterocycles. The fourth-order valence-corrected chi connectivity index (χ4v) is 3.03. The zero-order valence-electron chi connectivity index (χ0n) is 13.9. The summed E-state index contributed by atoms with van der Waals surface area (Å²) in [6.07, 6.45) is 3.36. The predicted octanol–water partition coefficient (Wildman–Crippen LogP) is 4.66. The molecule has 0 radical (unpaired) electrons. The number of hydrogen-bond acceptors (Lipinski definition) is 3. The van der Waals surface area contributed by atoms with Gasteiger partial charge in [0.25, 0.3) is 0 Å². The van der Waals surface area contributed by atoms with Gasteiger partial charge in [-0.1, -0.05) is 25.4 Å². The van der Waals surface area contributed by atoms with Crippen LogP contribution in [0.15, 0.2) is 18.2 Å². The first kappa shape index (κ1) is 18.7. The van der Waals surface area contributed by atoms with Gasteiger partial charge in [0.1, 0.15) is 0 Å². The van der Waals surface area contributed by atoms with E-state index in [1.807, 2.05) is 17.8 Å². The van der Waals surface area contributed by atoms with Crippen LogP contribution in [0.1, 0.15) is 32.8 Å². The molecular formula is C17H29ClN2S. The van der Waals surface area contributed by atoms with Gasteiger partial charge in [-0.15, -0.1) is 0 Å². The smallest absolute Gasteiger partial charge is 0.0412 e. The predicted molar refractivity (Wildman–Crippen MR) is 98.9 cm³/mol. The van der Waals surface area contributed by atoms with Gasteiger partial charge in [0.05, 0.1) is 0 Å². The molecule has 4 heteroatoms. The minimum atomic E-state index is 0.530. The number of benzene rings is 1. The van der Waals surface area contributed by atoms with E-state index in [0.29, 0.717) is 12.0 Å². The van der Waals surface area contributed by atoms with Gasteiger partial charge < -0.3 is 10.2 Å². The van der Waals surface area contributed by atoms with Crippen LogP contribution >= 0.6 is 23.4 Å². The van der Waals surface area contributed by atoms with Crippen LogP contribution in [-0.2, 0) is 6.54 Å². The summed E-state index contributed by atoms with van der Waals surface area (Å²) in [6.45, 7) is 8.63. The van der Waals surface area contributed by atoms with Crippen molar-refractivity contribution in [3.8, 4) is 0 Å². The van der Waals surface area contributed by atoms with E-state index in [0.717, 1.165) is 18.1 Å². The summed E-state index contributed by atoms with van der Waals surface area (Å²) in [4.78, 5) is 2.37. The molecule has 1 unspecified atom stereocenters. The van der Waals surface area contributed by atoms with Crippen LogP contribution in [0.25, 0.3) is 0 Å². The van der Waals surface area contributed by atoms with E-state index in [1.165, 1.54) is 23.4 Å². The SMILES string of the molecule is CSCCC(C)N(C)c1ccc(Cl)cc1CNCC(C)C. The molecule has 0 bridgehead atoms. The highest BCUT2D eigenvalue weighted by atomic mass is 35.5.